The normalized spacial score (nSPS) is 16.0. The number of anilines is 2. The number of pyridine rings is 1. The van der Waals surface area contributed by atoms with Crippen LogP contribution < -0.4 is 20.7 Å². The van der Waals surface area contributed by atoms with Gasteiger partial charge in [-0.05, 0) is 18.1 Å². The van der Waals surface area contributed by atoms with Crippen molar-refractivity contribution in [1.29, 1.82) is 0 Å². The van der Waals surface area contributed by atoms with Gasteiger partial charge in [-0.2, -0.15) is 0 Å². The fourth-order valence-electron chi connectivity index (χ4n) is 2.99. The molecular formula is C17H18N6O2. The van der Waals surface area contributed by atoms with Crippen LogP contribution in [-0.4, -0.2) is 40.9 Å². The van der Waals surface area contributed by atoms with E-state index in [4.69, 9.17) is 4.74 Å². The number of rotatable bonds is 3. The minimum atomic E-state index is -0.287. The van der Waals surface area contributed by atoms with E-state index in [-0.39, 0.29) is 12.1 Å². The van der Waals surface area contributed by atoms with Crippen LogP contribution in [0.25, 0.3) is 10.9 Å². The molecule has 1 unspecified atom stereocenters. The first-order valence-electron chi connectivity index (χ1n) is 8.00. The summed E-state index contributed by atoms with van der Waals surface area (Å²) in [5.74, 6) is 0.922. The van der Waals surface area contributed by atoms with Gasteiger partial charge in [-0.3, -0.25) is 10.4 Å². The maximum absolute atomic E-state index is 12.2. The van der Waals surface area contributed by atoms with Gasteiger partial charge < -0.3 is 15.4 Å². The summed E-state index contributed by atoms with van der Waals surface area (Å²) in [6.07, 6.45) is 2.41. The number of benzene rings is 1. The highest BCUT2D eigenvalue weighted by Gasteiger charge is 2.19. The molecule has 25 heavy (non-hydrogen) atoms. The molecular weight excluding hydrogens is 320 g/mol. The average Bonchev–Trinajstić information content (AvgIpc) is 3.04. The molecule has 1 aromatic carbocycles. The number of carbonyl (C=O) groups excluding carboxylic acids is 1. The molecule has 4 N–H and O–H groups in total. The van der Waals surface area contributed by atoms with Crippen molar-refractivity contribution in [2.24, 2.45) is 0 Å². The van der Waals surface area contributed by atoms with E-state index < -0.39 is 0 Å². The first kappa shape index (κ1) is 15.3. The summed E-state index contributed by atoms with van der Waals surface area (Å²) in [4.78, 5) is 16.5. The number of H-pyrrole nitrogens is 1. The fraction of sp³-hybridized carbons (Fsp3) is 0.235. The molecule has 1 atom stereocenters. The van der Waals surface area contributed by atoms with E-state index in [2.05, 4.69) is 37.2 Å². The van der Waals surface area contributed by atoms with Crippen molar-refractivity contribution in [1.82, 2.24) is 20.5 Å². The van der Waals surface area contributed by atoms with Gasteiger partial charge in [0.2, 0.25) is 5.88 Å². The first-order valence-corrected chi connectivity index (χ1v) is 8.00. The summed E-state index contributed by atoms with van der Waals surface area (Å²) >= 11 is 0. The van der Waals surface area contributed by atoms with Gasteiger partial charge in [-0.1, -0.05) is 18.2 Å². The Bertz CT molecular complexity index is 922. The van der Waals surface area contributed by atoms with Crippen molar-refractivity contribution < 1.29 is 9.53 Å². The molecule has 2 aromatic heterocycles. The number of aromatic nitrogens is 3. The molecule has 4 rings (SSSR count). The molecule has 1 aliphatic heterocycles. The smallest absolute Gasteiger partial charge is 0.320 e. The molecule has 8 heteroatoms. The lowest BCUT2D eigenvalue weighted by Gasteiger charge is -2.26. The number of ether oxygens (including phenoxy) is 1. The van der Waals surface area contributed by atoms with Crippen LogP contribution in [0.15, 0.2) is 36.5 Å². The summed E-state index contributed by atoms with van der Waals surface area (Å²) in [5.41, 5.74) is 3.07. The minimum absolute atomic E-state index is 0.0193. The van der Waals surface area contributed by atoms with Crippen LogP contribution in [0.4, 0.5) is 16.3 Å². The number of hydrogen-bond donors (Lipinski definition) is 4. The molecule has 0 saturated heterocycles. The fourth-order valence-corrected chi connectivity index (χ4v) is 2.99. The standard InChI is InChI=1S/C17H18N6O2/c1-25-16-12-9-19-15(7-14(12)22-23-16)21-17(24)20-11-6-10-4-2-3-5-13(10)18-8-11/h2-5,7,9,11,18H,6,8H2,1H3,(H,22,23)(H2,19,20,21,24). The number of nitrogens with one attached hydrogen (secondary N) is 4. The maximum Gasteiger partial charge on any atom is 0.320 e. The zero-order chi connectivity index (χ0) is 17.2. The first-order chi connectivity index (χ1) is 12.2. The molecule has 0 fully saturated rings. The van der Waals surface area contributed by atoms with Gasteiger partial charge in [0.15, 0.2) is 0 Å². The van der Waals surface area contributed by atoms with Crippen molar-refractivity contribution in [3.05, 3.63) is 42.1 Å². The summed E-state index contributed by atoms with van der Waals surface area (Å²) in [6.45, 7) is 0.689. The van der Waals surface area contributed by atoms with Gasteiger partial charge in [0.05, 0.1) is 24.1 Å². The van der Waals surface area contributed by atoms with Gasteiger partial charge in [0.1, 0.15) is 5.82 Å². The predicted octanol–water partition coefficient (Wildman–Crippen LogP) is 2.12. The Labute approximate surface area is 144 Å². The Morgan fingerprint density at radius 2 is 2.24 bits per heavy atom. The Morgan fingerprint density at radius 3 is 3.12 bits per heavy atom. The van der Waals surface area contributed by atoms with Crippen LogP contribution >= 0.6 is 0 Å². The topological polar surface area (TPSA) is 104 Å². The molecule has 0 radical (unpaired) electrons. The zero-order valence-electron chi connectivity index (χ0n) is 13.7. The van der Waals surface area contributed by atoms with Gasteiger partial charge >= 0.3 is 6.03 Å². The number of hydrogen-bond acceptors (Lipinski definition) is 5. The molecule has 2 amide bonds. The van der Waals surface area contributed by atoms with E-state index in [9.17, 15) is 4.79 Å². The lowest BCUT2D eigenvalue weighted by atomic mass is 10.00. The van der Waals surface area contributed by atoms with Crippen molar-refractivity contribution >= 4 is 28.4 Å². The molecule has 8 nitrogen and oxygen atoms in total. The number of amides is 2. The van der Waals surface area contributed by atoms with E-state index >= 15 is 0 Å². The number of fused-ring (bicyclic) bond motifs is 2. The van der Waals surface area contributed by atoms with Crippen molar-refractivity contribution in [2.75, 3.05) is 24.3 Å². The van der Waals surface area contributed by atoms with Crippen molar-refractivity contribution in [3.8, 4) is 5.88 Å². The minimum Gasteiger partial charge on any atom is -0.479 e. The summed E-state index contributed by atoms with van der Waals surface area (Å²) < 4.78 is 5.13. The molecule has 0 spiro atoms. The third-order valence-corrected chi connectivity index (χ3v) is 4.21. The number of carbonyl (C=O) groups is 1. The van der Waals surface area contributed by atoms with Gasteiger partial charge in [-0.25, -0.2) is 9.78 Å². The van der Waals surface area contributed by atoms with Crippen LogP contribution in [0.2, 0.25) is 0 Å². The monoisotopic (exact) mass is 338 g/mol. The Kier molecular flexibility index (Phi) is 3.85. The molecule has 3 aromatic rings. The average molecular weight is 338 g/mol. The zero-order valence-corrected chi connectivity index (χ0v) is 13.7. The maximum atomic E-state index is 12.2. The molecule has 0 bridgehead atoms. The highest BCUT2D eigenvalue weighted by Crippen LogP contribution is 2.23. The SMILES string of the molecule is COc1n[nH]c2cc(NC(=O)NC3CNc4ccccc4C3)ncc12. The van der Waals surface area contributed by atoms with Crippen LogP contribution in [0.5, 0.6) is 5.88 Å². The van der Waals surface area contributed by atoms with Crippen LogP contribution in [0.1, 0.15) is 5.56 Å². The second kappa shape index (κ2) is 6.31. The third kappa shape index (κ3) is 3.06. The molecule has 1 aliphatic rings. The van der Waals surface area contributed by atoms with E-state index in [1.54, 1.807) is 19.4 Å². The second-order valence-electron chi connectivity index (χ2n) is 5.89. The lowest BCUT2D eigenvalue weighted by Crippen LogP contribution is -2.45. The molecule has 0 saturated carbocycles. The third-order valence-electron chi connectivity index (χ3n) is 4.21. The van der Waals surface area contributed by atoms with E-state index in [0.29, 0.717) is 18.2 Å². The van der Waals surface area contributed by atoms with E-state index in [1.165, 1.54) is 5.56 Å². The molecule has 3 heterocycles. The highest BCUT2D eigenvalue weighted by molar-refractivity contribution is 5.92. The molecule has 0 aliphatic carbocycles. The number of urea groups is 1. The lowest BCUT2D eigenvalue weighted by molar-refractivity contribution is 0.248. The summed E-state index contributed by atoms with van der Waals surface area (Å²) in [6, 6.07) is 9.56. The largest absolute Gasteiger partial charge is 0.479 e. The highest BCUT2D eigenvalue weighted by atomic mass is 16.5. The van der Waals surface area contributed by atoms with Crippen molar-refractivity contribution in [3.63, 3.8) is 0 Å². The van der Waals surface area contributed by atoms with Crippen LogP contribution in [0.3, 0.4) is 0 Å². The van der Waals surface area contributed by atoms with Gasteiger partial charge in [-0.15, -0.1) is 5.10 Å². The van der Waals surface area contributed by atoms with Gasteiger partial charge in [0.25, 0.3) is 0 Å². The van der Waals surface area contributed by atoms with E-state index in [1.807, 2.05) is 18.2 Å². The summed E-state index contributed by atoms with van der Waals surface area (Å²) in [7, 11) is 1.55. The van der Waals surface area contributed by atoms with Crippen molar-refractivity contribution in [2.45, 2.75) is 12.5 Å². The van der Waals surface area contributed by atoms with Crippen LogP contribution in [-0.2, 0) is 6.42 Å². The van der Waals surface area contributed by atoms with E-state index in [0.717, 1.165) is 23.0 Å². The Morgan fingerprint density at radius 1 is 1.36 bits per heavy atom. The predicted molar refractivity (Wildman–Crippen MR) is 95.0 cm³/mol. The number of para-hydroxylation sites is 1. The summed E-state index contributed by atoms with van der Waals surface area (Å²) in [5, 5.41) is 16.7. The molecule has 128 valence electrons. The Hall–Kier alpha value is -3.29. The Balaban J connectivity index is 1.41. The quantitative estimate of drug-likeness (QED) is 0.586. The van der Waals surface area contributed by atoms with Gasteiger partial charge in [0, 0.05) is 24.5 Å². The number of aromatic amines is 1. The number of methoxy groups -OCH3 is 1. The second-order valence-corrected chi connectivity index (χ2v) is 5.89. The van der Waals surface area contributed by atoms with Crippen LogP contribution in [0, 0.1) is 0 Å². The number of nitrogens with zero attached hydrogens (tertiary/aromatic N) is 2.